The van der Waals surface area contributed by atoms with Gasteiger partial charge in [-0.1, -0.05) is 6.07 Å². The van der Waals surface area contributed by atoms with E-state index in [4.69, 9.17) is 5.73 Å². The Bertz CT molecular complexity index is 412. The van der Waals surface area contributed by atoms with Gasteiger partial charge in [0.25, 0.3) is 5.91 Å². The minimum Gasteiger partial charge on any atom is -0.334 e. The number of carbonyl (C=O) groups excluding carboxylic acids is 1. The highest BCUT2D eigenvalue weighted by molar-refractivity contribution is 5.92. The lowest BCUT2D eigenvalue weighted by molar-refractivity contribution is 0.0705. The van der Waals surface area contributed by atoms with Gasteiger partial charge in [0.05, 0.1) is 0 Å². The molecule has 5 heteroatoms. The van der Waals surface area contributed by atoms with Crippen LogP contribution in [0.15, 0.2) is 23.0 Å². The zero-order valence-electron chi connectivity index (χ0n) is 9.56. The summed E-state index contributed by atoms with van der Waals surface area (Å²) in [5.41, 5.74) is 5.47. The van der Waals surface area contributed by atoms with Crippen molar-refractivity contribution in [2.24, 2.45) is 5.73 Å². The molecule has 1 heterocycles. The molecule has 1 aromatic heterocycles. The summed E-state index contributed by atoms with van der Waals surface area (Å²) in [6, 6.07) is 4.59. The van der Waals surface area contributed by atoms with E-state index in [-0.39, 0.29) is 17.5 Å². The molecule has 0 saturated carbocycles. The summed E-state index contributed by atoms with van der Waals surface area (Å²) < 4.78 is 0. The van der Waals surface area contributed by atoms with Crippen LogP contribution in [0, 0.1) is 0 Å². The number of rotatable bonds is 4. The van der Waals surface area contributed by atoms with Gasteiger partial charge in [0.2, 0.25) is 5.56 Å². The van der Waals surface area contributed by atoms with E-state index in [0.717, 1.165) is 0 Å². The first kappa shape index (κ1) is 12.4. The fourth-order valence-electron chi connectivity index (χ4n) is 1.46. The standard InChI is InChI=1S/C11H17N3O2/c1-8(2)14(7-6-12)11(16)9-4-3-5-10(15)13-9/h3-5,8H,6-7,12H2,1-2H3,(H,13,15). The van der Waals surface area contributed by atoms with Crippen LogP contribution in [0.25, 0.3) is 0 Å². The van der Waals surface area contributed by atoms with E-state index < -0.39 is 0 Å². The third-order valence-electron chi connectivity index (χ3n) is 2.25. The Morgan fingerprint density at radius 3 is 2.69 bits per heavy atom. The Morgan fingerprint density at radius 1 is 1.50 bits per heavy atom. The monoisotopic (exact) mass is 223 g/mol. The van der Waals surface area contributed by atoms with Gasteiger partial charge in [-0.05, 0) is 19.9 Å². The van der Waals surface area contributed by atoms with Crippen LogP contribution in [0.1, 0.15) is 24.3 Å². The van der Waals surface area contributed by atoms with Crippen LogP contribution in [0.5, 0.6) is 0 Å². The summed E-state index contributed by atoms with van der Waals surface area (Å²) >= 11 is 0. The SMILES string of the molecule is CC(C)N(CCN)C(=O)c1cccc(=O)[nH]1. The average Bonchev–Trinajstić information content (AvgIpc) is 2.24. The number of amides is 1. The molecule has 1 amide bonds. The quantitative estimate of drug-likeness (QED) is 0.764. The van der Waals surface area contributed by atoms with E-state index in [2.05, 4.69) is 4.98 Å². The number of nitrogens with two attached hydrogens (primary N) is 1. The molecule has 0 bridgehead atoms. The predicted octanol–water partition coefficient (Wildman–Crippen LogP) is 0.184. The number of aromatic nitrogens is 1. The molecule has 0 unspecified atom stereocenters. The van der Waals surface area contributed by atoms with Crippen molar-refractivity contribution in [1.82, 2.24) is 9.88 Å². The van der Waals surface area contributed by atoms with Crippen molar-refractivity contribution in [1.29, 1.82) is 0 Å². The summed E-state index contributed by atoms with van der Waals surface area (Å²) in [6.45, 7) is 4.71. The summed E-state index contributed by atoms with van der Waals surface area (Å²) in [7, 11) is 0. The van der Waals surface area contributed by atoms with Gasteiger partial charge in [-0.25, -0.2) is 0 Å². The molecule has 0 spiro atoms. The van der Waals surface area contributed by atoms with Crippen LogP contribution in [0.4, 0.5) is 0 Å². The third-order valence-corrected chi connectivity index (χ3v) is 2.25. The molecule has 88 valence electrons. The first-order valence-corrected chi connectivity index (χ1v) is 5.26. The highest BCUT2D eigenvalue weighted by Gasteiger charge is 2.18. The Labute approximate surface area is 94.3 Å². The van der Waals surface area contributed by atoms with E-state index in [9.17, 15) is 9.59 Å². The lowest BCUT2D eigenvalue weighted by Crippen LogP contribution is -2.41. The second kappa shape index (κ2) is 5.46. The van der Waals surface area contributed by atoms with Gasteiger partial charge < -0.3 is 15.6 Å². The molecule has 0 fully saturated rings. The van der Waals surface area contributed by atoms with Crippen molar-refractivity contribution in [3.63, 3.8) is 0 Å². The highest BCUT2D eigenvalue weighted by Crippen LogP contribution is 2.04. The number of aromatic amines is 1. The van der Waals surface area contributed by atoms with Gasteiger partial charge in [-0.3, -0.25) is 9.59 Å². The summed E-state index contributed by atoms with van der Waals surface area (Å²) in [4.78, 5) is 27.3. The van der Waals surface area contributed by atoms with Crippen molar-refractivity contribution in [3.05, 3.63) is 34.2 Å². The predicted molar refractivity (Wildman–Crippen MR) is 62.3 cm³/mol. The number of carbonyl (C=O) groups is 1. The van der Waals surface area contributed by atoms with E-state index in [1.165, 1.54) is 6.07 Å². The number of pyridine rings is 1. The number of hydrogen-bond donors (Lipinski definition) is 2. The van der Waals surface area contributed by atoms with E-state index >= 15 is 0 Å². The highest BCUT2D eigenvalue weighted by atomic mass is 16.2. The lowest BCUT2D eigenvalue weighted by atomic mass is 10.2. The van der Waals surface area contributed by atoms with E-state index in [1.807, 2.05) is 13.8 Å². The number of H-pyrrole nitrogens is 1. The van der Waals surface area contributed by atoms with Crippen molar-refractivity contribution < 1.29 is 4.79 Å². The normalized spacial score (nSPS) is 10.5. The van der Waals surface area contributed by atoms with Crippen LogP contribution in [0.3, 0.4) is 0 Å². The van der Waals surface area contributed by atoms with E-state index in [1.54, 1.807) is 17.0 Å². The Hall–Kier alpha value is -1.62. The Morgan fingerprint density at radius 2 is 2.19 bits per heavy atom. The zero-order chi connectivity index (χ0) is 12.1. The second-order valence-corrected chi connectivity index (χ2v) is 3.81. The number of nitrogens with one attached hydrogen (secondary N) is 1. The maximum Gasteiger partial charge on any atom is 0.270 e. The molecule has 3 N–H and O–H groups in total. The molecule has 0 aliphatic rings. The molecule has 0 aliphatic carbocycles. The van der Waals surface area contributed by atoms with Gasteiger partial charge in [-0.15, -0.1) is 0 Å². The molecule has 1 aromatic rings. The van der Waals surface area contributed by atoms with Gasteiger partial charge in [-0.2, -0.15) is 0 Å². The zero-order valence-corrected chi connectivity index (χ0v) is 9.56. The first-order valence-electron chi connectivity index (χ1n) is 5.26. The molecule has 0 aromatic carbocycles. The minimum atomic E-state index is -0.276. The largest absolute Gasteiger partial charge is 0.334 e. The topological polar surface area (TPSA) is 79.2 Å². The molecule has 16 heavy (non-hydrogen) atoms. The maximum atomic E-state index is 12.0. The van der Waals surface area contributed by atoms with Crippen LogP contribution in [0.2, 0.25) is 0 Å². The maximum absolute atomic E-state index is 12.0. The number of nitrogens with zero attached hydrogens (tertiary/aromatic N) is 1. The molecule has 0 atom stereocenters. The lowest BCUT2D eigenvalue weighted by Gasteiger charge is -2.25. The summed E-state index contributed by atoms with van der Waals surface area (Å²) in [6.07, 6.45) is 0. The molecule has 0 aliphatic heterocycles. The molecule has 0 saturated heterocycles. The van der Waals surface area contributed by atoms with Crippen molar-refractivity contribution in [3.8, 4) is 0 Å². The summed E-state index contributed by atoms with van der Waals surface area (Å²) in [5.74, 6) is -0.196. The minimum absolute atomic E-state index is 0.0553. The van der Waals surface area contributed by atoms with Crippen molar-refractivity contribution >= 4 is 5.91 Å². The van der Waals surface area contributed by atoms with Gasteiger partial charge in [0, 0.05) is 25.2 Å². The third kappa shape index (κ3) is 2.93. The first-order chi connectivity index (χ1) is 7.56. The van der Waals surface area contributed by atoms with Crippen LogP contribution >= 0.6 is 0 Å². The second-order valence-electron chi connectivity index (χ2n) is 3.81. The van der Waals surface area contributed by atoms with Crippen LogP contribution in [-0.4, -0.2) is 34.9 Å². The van der Waals surface area contributed by atoms with Gasteiger partial charge in [0.15, 0.2) is 0 Å². The summed E-state index contributed by atoms with van der Waals surface area (Å²) in [5, 5.41) is 0. The average molecular weight is 223 g/mol. The number of hydrogen-bond acceptors (Lipinski definition) is 3. The fraction of sp³-hybridized carbons (Fsp3) is 0.455. The van der Waals surface area contributed by atoms with Crippen LogP contribution < -0.4 is 11.3 Å². The smallest absolute Gasteiger partial charge is 0.270 e. The Balaban J connectivity index is 2.94. The molecule has 0 radical (unpaired) electrons. The van der Waals surface area contributed by atoms with E-state index in [0.29, 0.717) is 18.8 Å². The van der Waals surface area contributed by atoms with Crippen molar-refractivity contribution in [2.45, 2.75) is 19.9 Å². The van der Waals surface area contributed by atoms with Gasteiger partial charge >= 0.3 is 0 Å². The molecular weight excluding hydrogens is 206 g/mol. The van der Waals surface area contributed by atoms with Gasteiger partial charge in [0.1, 0.15) is 5.69 Å². The Kier molecular flexibility index (Phi) is 4.25. The molecular formula is C11H17N3O2. The van der Waals surface area contributed by atoms with Crippen LogP contribution in [-0.2, 0) is 0 Å². The molecule has 5 nitrogen and oxygen atoms in total. The fourth-order valence-corrected chi connectivity index (χ4v) is 1.46. The van der Waals surface area contributed by atoms with Crippen molar-refractivity contribution in [2.75, 3.05) is 13.1 Å². The molecule has 1 rings (SSSR count).